The van der Waals surface area contributed by atoms with Crippen molar-refractivity contribution in [2.75, 3.05) is 25.0 Å². The number of likely N-dealkylation sites (tertiary alicyclic amines) is 1. The van der Waals surface area contributed by atoms with Gasteiger partial charge in [0, 0.05) is 19.1 Å². The number of aryl methyl sites for hydroxylation is 2. The fourth-order valence-electron chi connectivity index (χ4n) is 4.19. The lowest BCUT2D eigenvalue weighted by molar-refractivity contribution is -0.117. The van der Waals surface area contributed by atoms with Crippen LogP contribution in [0.25, 0.3) is 0 Å². The number of hydrogen-bond donors (Lipinski definition) is 2. The average molecular weight is 372 g/mol. The van der Waals surface area contributed by atoms with Gasteiger partial charge in [-0.3, -0.25) is 9.69 Å². The molecule has 134 valence electrons. The lowest BCUT2D eigenvalue weighted by Crippen LogP contribution is -2.38. The van der Waals surface area contributed by atoms with Gasteiger partial charge in [-0.15, -0.1) is 12.4 Å². The highest BCUT2D eigenvalue weighted by Gasteiger charge is 2.39. The largest absolute Gasteiger partial charge is 0.327 e. The number of benzene rings is 1. The maximum atomic E-state index is 12.4. The smallest absolute Gasteiger partial charge is 0.238 e. The zero-order valence-electron chi connectivity index (χ0n) is 14.3. The van der Waals surface area contributed by atoms with Gasteiger partial charge in [-0.2, -0.15) is 0 Å². The molecule has 2 aliphatic rings. The molecule has 1 saturated carbocycles. The molecule has 3 atom stereocenters. The first-order chi connectivity index (χ1) is 10.9. The van der Waals surface area contributed by atoms with E-state index in [1.807, 2.05) is 26.0 Å². The summed E-state index contributed by atoms with van der Waals surface area (Å²) in [6.07, 6.45) is 3.60. The SMILES string of the molecule is Cc1cc(C)c(NC(=O)CN2CC3CCCC(N)C3C2)c(Cl)c1.Cl. The highest BCUT2D eigenvalue weighted by molar-refractivity contribution is 6.34. The summed E-state index contributed by atoms with van der Waals surface area (Å²) in [5.74, 6) is 1.23. The van der Waals surface area contributed by atoms with Gasteiger partial charge in [-0.05, 0) is 55.7 Å². The van der Waals surface area contributed by atoms with E-state index in [4.69, 9.17) is 17.3 Å². The molecule has 4 nitrogen and oxygen atoms in total. The number of nitrogens with zero attached hydrogens (tertiary/aromatic N) is 1. The minimum atomic E-state index is 0. The van der Waals surface area contributed by atoms with Crippen molar-refractivity contribution < 1.29 is 4.79 Å². The van der Waals surface area contributed by atoms with Crippen molar-refractivity contribution in [3.8, 4) is 0 Å². The molecule has 1 saturated heterocycles. The van der Waals surface area contributed by atoms with Crippen LogP contribution in [0.2, 0.25) is 5.02 Å². The third kappa shape index (κ3) is 4.23. The highest BCUT2D eigenvalue weighted by atomic mass is 35.5. The Kier molecular flexibility index (Phi) is 6.54. The van der Waals surface area contributed by atoms with E-state index < -0.39 is 0 Å². The Balaban J connectivity index is 0.00000208. The molecule has 0 spiro atoms. The summed E-state index contributed by atoms with van der Waals surface area (Å²) in [4.78, 5) is 14.6. The van der Waals surface area contributed by atoms with Crippen LogP contribution in [-0.2, 0) is 4.79 Å². The summed E-state index contributed by atoms with van der Waals surface area (Å²) in [6, 6.07) is 4.22. The van der Waals surface area contributed by atoms with Crippen LogP contribution in [0.5, 0.6) is 0 Å². The molecule has 3 N–H and O–H groups in total. The van der Waals surface area contributed by atoms with Crippen LogP contribution in [0.1, 0.15) is 30.4 Å². The average Bonchev–Trinajstić information content (AvgIpc) is 2.86. The normalized spacial score (nSPS) is 26.6. The zero-order chi connectivity index (χ0) is 16.6. The molecule has 0 bridgehead atoms. The molecule has 0 aromatic heterocycles. The van der Waals surface area contributed by atoms with Crippen molar-refractivity contribution in [2.24, 2.45) is 17.6 Å². The quantitative estimate of drug-likeness (QED) is 0.855. The Hall–Kier alpha value is -0.810. The van der Waals surface area contributed by atoms with Gasteiger partial charge in [0.2, 0.25) is 5.91 Å². The van der Waals surface area contributed by atoms with E-state index in [1.54, 1.807) is 0 Å². The molecule has 2 fully saturated rings. The van der Waals surface area contributed by atoms with E-state index in [2.05, 4.69) is 10.2 Å². The molecule has 24 heavy (non-hydrogen) atoms. The molecule has 6 heteroatoms. The summed E-state index contributed by atoms with van der Waals surface area (Å²) in [6.45, 7) is 6.33. The van der Waals surface area contributed by atoms with Gasteiger partial charge in [0.25, 0.3) is 0 Å². The van der Waals surface area contributed by atoms with Gasteiger partial charge in [0.1, 0.15) is 0 Å². The topological polar surface area (TPSA) is 58.4 Å². The third-order valence-electron chi connectivity index (χ3n) is 5.29. The maximum Gasteiger partial charge on any atom is 0.238 e. The summed E-state index contributed by atoms with van der Waals surface area (Å²) in [5.41, 5.74) is 9.08. The number of hydrogen-bond acceptors (Lipinski definition) is 3. The minimum absolute atomic E-state index is 0. The number of fused-ring (bicyclic) bond motifs is 1. The van der Waals surface area contributed by atoms with Crippen LogP contribution in [0, 0.1) is 25.7 Å². The maximum absolute atomic E-state index is 12.4. The van der Waals surface area contributed by atoms with Crippen molar-refractivity contribution in [1.82, 2.24) is 4.90 Å². The molecule has 1 aliphatic carbocycles. The standard InChI is InChI=1S/C18H26ClN3O.ClH/c1-11-6-12(2)18(15(19)7-11)21-17(23)10-22-8-13-4-3-5-16(20)14(13)9-22;/h6-7,13-14,16H,3-5,8-10,20H2,1-2H3,(H,21,23);1H. The Morgan fingerprint density at radius 1 is 1.33 bits per heavy atom. The number of anilines is 1. The van der Waals surface area contributed by atoms with Gasteiger partial charge >= 0.3 is 0 Å². The molecular weight excluding hydrogens is 345 g/mol. The molecule has 1 aromatic carbocycles. The molecule has 0 radical (unpaired) electrons. The first-order valence-electron chi connectivity index (χ1n) is 8.48. The van der Waals surface area contributed by atoms with Crippen LogP contribution in [-0.4, -0.2) is 36.5 Å². The van der Waals surface area contributed by atoms with Crippen molar-refractivity contribution in [3.05, 3.63) is 28.3 Å². The van der Waals surface area contributed by atoms with Crippen molar-refractivity contribution in [1.29, 1.82) is 0 Å². The number of carbonyl (C=O) groups excluding carboxylic acids is 1. The zero-order valence-corrected chi connectivity index (χ0v) is 15.9. The van der Waals surface area contributed by atoms with E-state index >= 15 is 0 Å². The second kappa shape index (κ2) is 8.05. The van der Waals surface area contributed by atoms with E-state index in [0.29, 0.717) is 29.4 Å². The molecule has 3 rings (SSSR count). The number of halogens is 2. The Labute approximate surface area is 155 Å². The predicted molar refractivity (Wildman–Crippen MR) is 102 cm³/mol. The summed E-state index contributed by atoms with van der Waals surface area (Å²) in [5, 5.41) is 3.59. The predicted octanol–water partition coefficient (Wildman–Crippen LogP) is 3.38. The van der Waals surface area contributed by atoms with E-state index in [9.17, 15) is 4.79 Å². The van der Waals surface area contributed by atoms with Crippen LogP contribution in [0.4, 0.5) is 5.69 Å². The van der Waals surface area contributed by atoms with Crippen molar-refractivity contribution in [3.63, 3.8) is 0 Å². The second-order valence-corrected chi connectivity index (χ2v) is 7.61. The second-order valence-electron chi connectivity index (χ2n) is 7.20. The first kappa shape index (κ1) is 19.5. The van der Waals surface area contributed by atoms with Gasteiger partial charge in [0.05, 0.1) is 17.3 Å². The molecule has 1 heterocycles. The number of amides is 1. The van der Waals surface area contributed by atoms with Crippen molar-refractivity contribution >= 4 is 35.6 Å². The fourth-order valence-corrected chi connectivity index (χ4v) is 4.56. The monoisotopic (exact) mass is 371 g/mol. The van der Waals surface area contributed by atoms with Crippen LogP contribution < -0.4 is 11.1 Å². The van der Waals surface area contributed by atoms with Crippen LogP contribution >= 0.6 is 24.0 Å². The Morgan fingerprint density at radius 2 is 2.08 bits per heavy atom. The molecule has 1 aliphatic heterocycles. The lowest BCUT2D eigenvalue weighted by Gasteiger charge is -2.29. The minimum Gasteiger partial charge on any atom is -0.327 e. The molecule has 1 aromatic rings. The Morgan fingerprint density at radius 3 is 2.75 bits per heavy atom. The molecule has 3 unspecified atom stereocenters. The van der Waals surface area contributed by atoms with Gasteiger partial charge < -0.3 is 11.1 Å². The summed E-state index contributed by atoms with van der Waals surface area (Å²) >= 11 is 6.27. The number of nitrogens with one attached hydrogen (secondary N) is 1. The van der Waals surface area contributed by atoms with E-state index in [0.717, 1.165) is 36.3 Å². The van der Waals surface area contributed by atoms with Crippen LogP contribution in [0.3, 0.4) is 0 Å². The van der Waals surface area contributed by atoms with E-state index in [1.165, 1.54) is 12.8 Å². The van der Waals surface area contributed by atoms with Crippen molar-refractivity contribution in [2.45, 2.75) is 39.2 Å². The molecule has 1 amide bonds. The van der Waals surface area contributed by atoms with Gasteiger partial charge in [0.15, 0.2) is 0 Å². The fraction of sp³-hybridized carbons (Fsp3) is 0.611. The number of nitrogens with two attached hydrogens (primary N) is 1. The van der Waals surface area contributed by atoms with E-state index in [-0.39, 0.29) is 18.3 Å². The number of carbonyl (C=O) groups is 1. The Bertz CT molecular complexity index is 585. The van der Waals surface area contributed by atoms with Crippen LogP contribution in [0.15, 0.2) is 12.1 Å². The molecular formula is C18H27Cl2N3O. The highest BCUT2D eigenvalue weighted by Crippen LogP contribution is 2.35. The number of rotatable bonds is 3. The third-order valence-corrected chi connectivity index (χ3v) is 5.59. The van der Waals surface area contributed by atoms with Gasteiger partial charge in [-0.25, -0.2) is 0 Å². The first-order valence-corrected chi connectivity index (χ1v) is 8.86. The lowest BCUT2D eigenvalue weighted by atomic mass is 9.78. The summed E-state index contributed by atoms with van der Waals surface area (Å²) < 4.78 is 0. The van der Waals surface area contributed by atoms with Gasteiger partial charge in [-0.1, -0.05) is 24.1 Å². The summed E-state index contributed by atoms with van der Waals surface area (Å²) in [7, 11) is 0.